The number of allylic oxidation sites excluding steroid dienone is 2. The van der Waals surface area contributed by atoms with Crippen LogP contribution in [0.3, 0.4) is 0 Å². The summed E-state index contributed by atoms with van der Waals surface area (Å²) in [5, 5.41) is 2.97. The van der Waals surface area contributed by atoms with Crippen LogP contribution in [0, 0.1) is 5.41 Å². The number of rotatable bonds is 2. The van der Waals surface area contributed by atoms with E-state index >= 15 is 0 Å². The molecule has 1 aromatic carbocycles. The Labute approximate surface area is 123 Å². The molecule has 110 valence electrons. The molecular formula is C18H27NO. The summed E-state index contributed by atoms with van der Waals surface area (Å²) >= 11 is 0. The number of benzene rings is 1. The van der Waals surface area contributed by atoms with Gasteiger partial charge in [-0.3, -0.25) is 4.79 Å². The maximum absolute atomic E-state index is 12.0. The number of amides is 1. The Morgan fingerprint density at radius 2 is 1.40 bits per heavy atom. The smallest absolute Gasteiger partial charge is 0.251 e. The third kappa shape index (κ3) is 5.60. The van der Waals surface area contributed by atoms with Crippen molar-refractivity contribution in [1.29, 1.82) is 0 Å². The lowest BCUT2D eigenvalue weighted by Gasteiger charge is -2.20. The lowest BCUT2D eigenvalue weighted by atomic mass is 9.91. The zero-order valence-corrected chi connectivity index (χ0v) is 13.8. The van der Waals surface area contributed by atoms with Crippen molar-refractivity contribution >= 4 is 11.5 Å². The molecule has 0 fully saturated rings. The van der Waals surface area contributed by atoms with Gasteiger partial charge in [0.1, 0.15) is 0 Å². The van der Waals surface area contributed by atoms with Gasteiger partial charge in [-0.25, -0.2) is 0 Å². The van der Waals surface area contributed by atoms with Gasteiger partial charge in [0, 0.05) is 11.1 Å². The topological polar surface area (TPSA) is 29.1 Å². The van der Waals surface area contributed by atoms with Crippen molar-refractivity contribution in [3.63, 3.8) is 0 Å². The van der Waals surface area contributed by atoms with E-state index in [1.54, 1.807) is 0 Å². The van der Waals surface area contributed by atoms with Gasteiger partial charge in [0.05, 0.1) is 0 Å². The predicted molar refractivity (Wildman–Crippen MR) is 86.8 cm³/mol. The van der Waals surface area contributed by atoms with E-state index in [0.29, 0.717) is 5.56 Å². The van der Waals surface area contributed by atoms with Crippen LogP contribution in [0.5, 0.6) is 0 Å². The van der Waals surface area contributed by atoms with Gasteiger partial charge >= 0.3 is 0 Å². The molecule has 1 N–H and O–H groups in total. The second-order valence-corrected chi connectivity index (χ2v) is 7.47. The first kappa shape index (κ1) is 16.5. The number of hydrogen-bond donors (Lipinski definition) is 1. The van der Waals surface area contributed by atoms with Crippen LogP contribution in [0.25, 0.3) is 5.57 Å². The highest BCUT2D eigenvalue weighted by molar-refractivity contribution is 5.94. The summed E-state index contributed by atoms with van der Waals surface area (Å²) in [6.07, 6.45) is 2.25. The van der Waals surface area contributed by atoms with Crippen LogP contribution in [0.4, 0.5) is 0 Å². The summed E-state index contributed by atoms with van der Waals surface area (Å²) in [5.41, 5.74) is 3.05. The van der Waals surface area contributed by atoms with Crippen molar-refractivity contribution in [1.82, 2.24) is 5.32 Å². The van der Waals surface area contributed by atoms with Crippen molar-refractivity contribution in [2.45, 2.75) is 54.0 Å². The average molecular weight is 273 g/mol. The minimum atomic E-state index is -0.211. The highest BCUT2D eigenvalue weighted by Crippen LogP contribution is 2.23. The van der Waals surface area contributed by atoms with Gasteiger partial charge in [-0.05, 0) is 56.4 Å². The fraction of sp³-hybridized carbons (Fsp3) is 0.500. The van der Waals surface area contributed by atoms with Crippen molar-refractivity contribution < 1.29 is 4.79 Å². The molecule has 1 amide bonds. The van der Waals surface area contributed by atoms with Crippen LogP contribution >= 0.6 is 0 Å². The molecule has 0 unspecified atom stereocenters. The highest BCUT2D eigenvalue weighted by Gasteiger charge is 2.15. The maximum atomic E-state index is 12.0. The first-order valence-electron chi connectivity index (χ1n) is 7.10. The van der Waals surface area contributed by atoms with Gasteiger partial charge in [0.25, 0.3) is 5.91 Å². The van der Waals surface area contributed by atoms with Crippen LogP contribution < -0.4 is 5.32 Å². The van der Waals surface area contributed by atoms with Crippen LogP contribution in [0.15, 0.2) is 30.3 Å². The molecule has 0 heterocycles. The molecule has 1 rings (SSSR count). The van der Waals surface area contributed by atoms with Crippen molar-refractivity contribution in [3.05, 3.63) is 41.5 Å². The second-order valence-electron chi connectivity index (χ2n) is 7.47. The lowest BCUT2D eigenvalue weighted by Crippen LogP contribution is -2.40. The van der Waals surface area contributed by atoms with Gasteiger partial charge in [-0.15, -0.1) is 0 Å². The molecule has 1 aromatic rings. The zero-order valence-electron chi connectivity index (χ0n) is 13.8. The fourth-order valence-corrected chi connectivity index (χ4v) is 2.03. The Hall–Kier alpha value is -1.57. The molecule has 2 nitrogen and oxygen atoms in total. The zero-order chi connectivity index (χ0) is 15.6. The minimum absolute atomic E-state index is 0.0264. The molecule has 0 aliphatic rings. The standard InChI is InChI=1S/C18H27NO/c1-13(12-17(2,3)4)14-8-10-15(11-9-14)16(20)19-18(5,6)7/h8-12H,1-7H3,(H,19,20)/b13-12+. The summed E-state index contributed by atoms with van der Waals surface area (Å²) in [6.45, 7) is 14.6. The van der Waals surface area contributed by atoms with Gasteiger partial charge in [0.2, 0.25) is 0 Å². The summed E-state index contributed by atoms with van der Waals surface area (Å²) in [5.74, 6) is -0.0264. The molecule has 0 radical (unpaired) electrons. The van der Waals surface area contributed by atoms with Crippen LogP contribution in [-0.2, 0) is 0 Å². The Morgan fingerprint density at radius 1 is 0.950 bits per heavy atom. The minimum Gasteiger partial charge on any atom is -0.347 e. The number of nitrogens with one attached hydrogen (secondary N) is 1. The SMILES string of the molecule is C/C(=C\C(C)(C)C)c1ccc(C(=O)NC(C)(C)C)cc1. The average Bonchev–Trinajstić information content (AvgIpc) is 2.24. The fourth-order valence-electron chi connectivity index (χ4n) is 2.03. The summed E-state index contributed by atoms with van der Waals surface area (Å²) in [4.78, 5) is 12.0. The Bertz CT molecular complexity index is 496. The molecule has 0 aromatic heterocycles. The highest BCUT2D eigenvalue weighted by atomic mass is 16.1. The number of carbonyl (C=O) groups is 1. The summed E-state index contributed by atoms with van der Waals surface area (Å²) in [6, 6.07) is 7.79. The monoisotopic (exact) mass is 273 g/mol. The lowest BCUT2D eigenvalue weighted by molar-refractivity contribution is 0.0919. The quantitative estimate of drug-likeness (QED) is 0.834. The molecule has 0 atom stereocenters. The molecule has 0 spiro atoms. The number of hydrogen-bond acceptors (Lipinski definition) is 1. The van der Waals surface area contributed by atoms with Crippen molar-refractivity contribution in [2.75, 3.05) is 0 Å². The Kier molecular flexibility index (Phi) is 4.80. The van der Waals surface area contributed by atoms with Gasteiger partial charge in [-0.1, -0.05) is 39.0 Å². The van der Waals surface area contributed by atoms with E-state index in [-0.39, 0.29) is 16.9 Å². The van der Waals surface area contributed by atoms with Gasteiger partial charge in [0.15, 0.2) is 0 Å². The first-order chi connectivity index (χ1) is 8.98. The van der Waals surface area contributed by atoms with Crippen molar-refractivity contribution in [2.24, 2.45) is 5.41 Å². The van der Waals surface area contributed by atoms with Crippen LogP contribution in [0.2, 0.25) is 0 Å². The Morgan fingerprint density at radius 3 is 1.80 bits per heavy atom. The van der Waals surface area contributed by atoms with Crippen molar-refractivity contribution in [3.8, 4) is 0 Å². The molecule has 0 aliphatic carbocycles. The molecule has 0 saturated carbocycles. The van der Waals surface area contributed by atoms with Crippen LogP contribution in [-0.4, -0.2) is 11.4 Å². The molecule has 2 heteroatoms. The molecule has 0 bridgehead atoms. The van der Waals surface area contributed by atoms with E-state index in [4.69, 9.17) is 0 Å². The van der Waals surface area contributed by atoms with Gasteiger partial charge < -0.3 is 5.32 Å². The summed E-state index contributed by atoms with van der Waals surface area (Å²) in [7, 11) is 0. The largest absolute Gasteiger partial charge is 0.347 e. The van der Waals surface area contributed by atoms with E-state index in [1.165, 1.54) is 5.57 Å². The molecular weight excluding hydrogens is 246 g/mol. The van der Waals surface area contributed by atoms with Gasteiger partial charge in [-0.2, -0.15) is 0 Å². The summed E-state index contributed by atoms with van der Waals surface area (Å²) < 4.78 is 0. The molecule has 0 aliphatic heterocycles. The predicted octanol–water partition coefficient (Wildman–Crippen LogP) is 4.66. The normalized spacial score (nSPS) is 13.2. The third-order valence-electron chi connectivity index (χ3n) is 2.74. The van der Waals surface area contributed by atoms with E-state index in [2.05, 4.69) is 39.1 Å². The van der Waals surface area contributed by atoms with E-state index < -0.39 is 0 Å². The number of carbonyl (C=O) groups excluding carboxylic acids is 1. The molecule has 0 saturated heterocycles. The van der Waals surface area contributed by atoms with E-state index in [0.717, 1.165) is 5.56 Å². The van der Waals surface area contributed by atoms with E-state index in [1.807, 2.05) is 45.0 Å². The maximum Gasteiger partial charge on any atom is 0.251 e. The second kappa shape index (κ2) is 5.82. The molecule has 20 heavy (non-hydrogen) atoms. The van der Waals surface area contributed by atoms with E-state index in [9.17, 15) is 4.79 Å². The Balaban J connectivity index is 2.90. The third-order valence-corrected chi connectivity index (χ3v) is 2.74. The first-order valence-corrected chi connectivity index (χ1v) is 7.10. The van der Waals surface area contributed by atoms with Crippen LogP contribution in [0.1, 0.15) is 64.4 Å².